The third-order valence-corrected chi connectivity index (χ3v) is 11.7. The molecule has 0 aromatic heterocycles. The number of carbonyl (C=O) groups excluding carboxylic acids is 6. The molecule has 0 saturated carbocycles. The van der Waals surface area contributed by atoms with Crippen molar-refractivity contribution < 1.29 is 38.7 Å². The van der Waals surface area contributed by atoms with E-state index in [0.29, 0.717) is 24.1 Å². The number of para-hydroxylation sites is 1. The van der Waals surface area contributed by atoms with Crippen LogP contribution in [0.5, 0.6) is 0 Å². The number of carboxylic acid groups (broad SMARTS) is 1. The molecule has 340 valence electrons. The molecule has 0 aliphatic carbocycles. The number of benzene rings is 4. The SMILES string of the molecule is C=C(CCCNC(=O)[C@H](C)NC(=O)[C@@H](Cc1ccccc1)NC(=O)[C@H](Cc1ccc(-c2ccccc2)cc1)NC(=O)[C@@H](CC1CC=CS1)NC(=O)CCC(=O)Nc1ccccc1)C(=O)O. The molecule has 0 saturated heterocycles. The van der Waals surface area contributed by atoms with Gasteiger partial charge in [-0.15, -0.1) is 11.8 Å². The molecule has 0 radical (unpaired) electrons. The first-order chi connectivity index (χ1) is 31.3. The van der Waals surface area contributed by atoms with Gasteiger partial charge in [-0.2, -0.15) is 0 Å². The second-order valence-corrected chi connectivity index (χ2v) is 17.0. The van der Waals surface area contributed by atoms with Crippen LogP contribution in [0.1, 0.15) is 56.6 Å². The first kappa shape index (κ1) is 49.0. The van der Waals surface area contributed by atoms with Gasteiger partial charge in [0.1, 0.15) is 24.2 Å². The molecule has 4 aromatic carbocycles. The second kappa shape index (κ2) is 25.3. The molecule has 0 bridgehead atoms. The van der Waals surface area contributed by atoms with Crippen molar-refractivity contribution in [1.29, 1.82) is 0 Å². The Hall–Kier alpha value is -7.00. The summed E-state index contributed by atoms with van der Waals surface area (Å²) in [5.41, 5.74) is 4.00. The zero-order valence-corrected chi connectivity index (χ0v) is 37.1. The van der Waals surface area contributed by atoms with Crippen LogP contribution in [0.15, 0.2) is 139 Å². The fraction of sp³-hybridized carbons (Fsp3) is 0.300. The monoisotopic (exact) mass is 900 g/mol. The van der Waals surface area contributed by atoms with Crippen LogP contribution in [0.3, 0.4) is 0 Å². The Morgan fingerprint density at radius 2 is 1.17 bits per heavy atom. The highest BCUT2D eigenvalue weighted by atomic mass is 32.2. The Labute approximate surface area is 383 Å². The number of thioether (sulfide) groups is 1. The number of hydrogen-bond acceptors (Lipinski definition) is 8. The first-order valence-electron chi connectivity index (χ1n) is 21.6. The standard InChI is InChI=1S/C50H56N6O8S/c1-33(50(63)64)14-12-28-51-46(59)34(2)52-47(60)41(30-35-15-6-3-7-16-35)55-48(61)42(31-36-22-24-38(25-23-36)37-17-8-4-9-18-37)56-49(62)43(32-40-21-13-29-65-40)54-45(58)27-26-44(57)53-39-19-10-5-11-20-39/h3-11,13,15-20,22-25,29,34,40-43H,1,12,14,21,26-28,30-32H2,2H3,(H,51,59)(H,52,60)(H,53,57)(H,54,58)(H,55,61)(H,56,62)(H,63,64)/t34-,40?,41+,42-,43+/m0/s1. The molecular weight excluding hydrogens is 845 g/mol. The van der Waals surface area contributed by atoms with Crippen molar-refractivity contribution in [2.45, 2.75) is 87.7 Å². The van der Waals surface area contributed by atoms with E-state index in [0.717, 1.165) is 16.7 Å². The number of carbonyl (C=O) groups is 7. The van der Waals surface area contributed by atoms with Gasteiger partial charge in [0.05, 0.1) is 0 Å². The summed E-state index contributed by atoms with van der Waals surface area (Å²) < 4.78 is 0. The van der Waals surface area contributed by atoms with Crippen molar-refractivity contribution in [3.8, 4) is 11.1 Å². The van der Waals surface area contributed by atoms with E-state index in [4.69, 9.17) is 5.11 Å². The molecule has 65 heavy (non-hydrogen) atoms. The van der Waals surface area contributed by atoms with Gasteiger partial charge >= 0.3 is 5.97 Å². The lowest BCUT2D eigenvalue weighted by Crippen LogP contribution is -2.59. The average Bonchev–Trinajstić information content (AvgIpc) is 3.83. The highest BCUT2D eigenvalue weighted by Gasteiger charge is 2.32. The number of rotatable bonds is 24. The lowest BCUT2D eigenvalue weighted by Gasteiger charge is -2.27. The van der Waals surface area contributed by atoms with E-state index in [2.05, 4.69) is 38.5 Å². The third-order valence-electron chi connectivity index (χ3n) is 10.6. The highest BCUT2D eigenvalue weighted by Crippen LogP contribution is 2.28. The van der Waals surface area contributed by atoms with Crippen molar-refractivity contribution in [3.63, 3.8) is 0 Å². The Bertz CT molecular complexity index is 2280. The number of anilines is 1. The summed E-state index contributed by atoms with van der Waals surface area (Å²) in [7, 11) is 0. The summed E-state index contributed by atoms with van der Waals surface area (Å²) in [6.45, 7) is 5.15. The van der Waals surface area contributed by atoms with Crippen molar-refractivity contribution in [3.05, 3.63) is 150 Å². The van der Waals surface area contributed by atoms with E-state index in [9.17, 15) is 33.6 Å². The van der Waals surface area contributed by atoms with Crippen LogP contribution >= 0.6 is 11.8 Å². The molecule has 15 heteroatoms. The van der Waals surface area contributed by atoms with Crippen LogP contribution in [0.25, 0.3) is 11.1 Å². The minimum absolute atomic E-state index is 0.0183. The van der Waals surface area contributed by atoms with Gasteiger partial charge in [-0.05, 0) is 72.4 Å². The number of nitrogens with one attached hydrogen (secondary N) is 6. The van der Waals surface area contributed by atoms with E-state index in [-0.39, 0.29) is 61.8 Å². The van der Waals surface area contributed by atoms with Gasteiger partial charge < -0.3 is 37.0 Å². The zero-order chi connectivity index (χ0) is 46.6. The Kier molecular flexibility index (Phi) is 19.1. The maximum Gasteiger partial charge on any atom is 0.330 e. The molecule has 1 aliphatic rings. The molecule has 14 nitrogen and oxygen atoms in total. The van der Waals surface area contributed by atoms with Crippen LogP contribution in [0.2, 0.25) is 0 Å². The predicted molar refractivity (Wildman–Crippen MR) is 252 cm³/mol. The predicted octanol–water partition coefficient (Wildman–Crippen LogP) is 5.46. The van der Waals surface area contributed by atoms with E-state index < -0.39 is 59.7 Å². The van der Waals surface area contributed by atoms with Gasteiger partial charge in [0, 0.05) is 48.7 Å². The lowest BCUT2D eigenvalue weighted by molar-refractivity contribution is -0.134. The van der Waals surface area contributed by atoms with E-state index >= 15 is 0 Å². The minimum atomic E-state index is -1.22. The summed E-state index contributed by atoms with van der Waals surface area (Å²) in [5.74, 6) is -4.41. The molecule has 0 fully saturated rings. The first-order valence-corrected chi connectivity index (χ1v) is 22.5. The van der Waals surface area contributed by atoms with Gasteiger partial charge in [-0.25, -0.2) is 4.79 Å². The van der Waals surface area contributed by atoms with Crippen molar-refractivity contribution >= 4 is 58.9 Å². The molecular formula is C50H56N6O8S. The van der Waals surface area contributed by atoms with Gasteiger partial charge in [0.25, 0.3) is 0 Å². The van der Waals surface area contributed by atoms with Crippen LogP contribution in [-0.4, -0.2) is 82.5 Å². The fourth-order valence-corrected chi connectivity index (χ4v) is 7.95. The summed E-state index contributed by atoms with van der Waals surface area (Å²) >= 11 is 1.54. The van der Waals surface area contributed by atoms with E-state index in [1.54, 1.807) is 48.5 Å². The average molecular weight is 901 g/mol. The van der Waals surface area contributed by atoms with Gasteiger partial charge in [0.15, 0.2) is 0 Å². The van der Waals surface area contributed by atoms with Crippen LogP contribution in [0, 0.1) is 0 Å². The maximum absolute atomic E-state index is 14.5. The summed E-state index contributed by atoms with van der Waals surface area (Å²) in [6.07, 6.45) is 3.20. The molecule has 7 N–H and O–H groups in total. The largest absolute Gasteiger partial charge is 0.478 e. The minimum Gasteiger partial charge on any atom is -0.478 e. The summed E-state index contributed by atoms with van der Waals surface area (Å²) in [6, 6.07) is 30.7. The Morgan fingerprint density at radius 1 is 0.631 bits per heavy atom. The number of amides is 6. The molecule has 1 unspecified atom stereocenters. The summed E-state index contributed by atoms with van der Waals surface area (Å²) in [4.78, 5) is 92.8. The number of carboxylic acids is 1. The smallest absolute Gasteiger partial charge is 0.330 e. The third kappa shape index (κ3) is 16.6. The molecule has 5 atom stereocenters. The van der Waals surface area contributed by atoms with Gasteiger partial charge in [0.2, 0.25) is 35.4 Å². The lowest BCUT2D eigenvalue weighted by atomic mass is 9.99. The Morgan fingerprint density at radius 3 is 1.77 bits per heavy atom. The van der Waals surface area contributed by atoms with Gasteiger partial charge in [-0.3, -0.25) is 28.8 Å². The van der Waals surface area contributed by atoms with Gasteiger partial charge in [-0.1, -0.05) is 116 Å². The molecule has 5 rings (SSSR count). The number of allylic oxidation sites excluding steroid dienone is 1. The second-order valence-electron chi connectivity index (χ2n) is 15.7. The normalized spacial score (nSPS) is 14.7. The quantitative estimate of drug-likeness (QED) is 0.0351. The van der Waals surface area contributed by atoms with E-state index in [1.165, 1.54) is 18.7 Å². The van der Waals surface area contributed by atoms with Crippen LogP contribution < -0.4 is 31.9 Å². The topological polar surface area (TPSA) is 212 Å². The summed E-state index contributed by atoms with van der Waals surface area (Å²) in [5, 5.41) is 27.7. The van der Waals surface area contributed by atoms with Crippen LogP contribution in [0.4, 0.5) is 5.69 Å². The zero-order valence-electron chi connectivity index (χ0n) is 36.3. The van der Waals surface area contributed by atoms with Crippen LogP contribution in [-0.2, 0) is 46.4 Å². The van der Waals surface area contributed by atoms with Crippen molar-refractivity contribution in [1.82, 2.24) is 26.6 Å². The molecule has 6 amide bonds. The molecule has 4 aromatic rings. The maximum atomic E-state index is 14.5. The molecule has 0 spiro atoms. The highest BCUT2D eigenvalue weighted by molar-refractivity contribution is 8.03. The van der Waals surface area contributed by atoms with E-state index in [1.807, 2.05) is 78.2 Å². The Balaban J connectivity index is 1.33. The molecule has 1 heterocycles. The fourth-order valence-electron chi connectivity index (χ4n) is 6.98. The van der Waals surface area contributed by atoms with Crippen molar-refractivity contribution in [2.75, 3.05) is 11.9 Å². The molecule has 1 aliphatic heterocycles. The van der Waals surface area contributed by atoms with Crippen molar-refractivity contribution in [2.24, 2.45) is 0 Å². The number of hydrogen-bond donors (Lipinski definition) is 7. The number of aliphatic carboxylic acids is 1.